The number of epoxide rings is 1. The Hall–Kier alpha value is -0.160. The molecule has 4 atom stereocenters. The zero-order valence-corrected chi connectivity index (χ0v) is 10.3. The highest BCUT2D eigenvalue weighted by atomic mass is 16.7. The van der Waals surface area contributed by atoms with Crippen LogP contribution in [-0.4, -0.2) is 41.9 Å². The highest BCUT2D eigenvalue weighted by molar-refractivity contribution is 5.22. The topological polar surface area (TPSA) is 51.2 Å². The van der Waals surface area contributed by atoms with Crippen molar-refractivity contribution in [3.05, 3.63) is 0 Å². The molecule has 2 saturated carbocycles. The predicted molar refractivity (Wildman–Crippen MR) is 59.4 cm³/mol. The molecule has 4 rings (SSSR count). The van der Waals surface area contributed by atoms with Crippen molar-refractivity contribution in [1.82, 2.24) is 0 Å². The van der Waals surface area contributed by atoms with Crippen LogP contribution in [0.1, 0.15) is 39.0 Å². The molecule has 4 nitrogen and oxygen atoms in total. The van der Waals surface area contributed by atoms with Crippen molar-refractivity contribution in [2.24, 2.45) is 5.41 Å². The minimum Gasteiger partial charge on any atom is -0.392 e. The molecule has 4 heteroatoms. The van der Waals surface area contributed by atoms with Gasteiger partial charge in [-0.25, -0.2) is 0 Å². The highest BCUT2D eigenvalue weighted by Crippen LogP contribution is 2.67. The molecular weight excluding hydrogens is 220 g/mol. The van der Waals surface area contributed by atoms with Crippen LogP contribution in [0, 0.1) is 5.41 Å². The second kappa shape index (κ2) is 3.05. The van der Waals surface area contributed by atoms with E-state index in [4.69, 9.17) is 14.2 Å². The van der Waals surface area contributed by atoms with E-state index in [1.807, 2.05) is 0 Å². The van der Waals surface area contributed by atoms with E-state index >= 15 is 0 Å². The van der Waals surface area contributed by atoms with Gasteiger partial charge in [0.05, 0.1) is 25.4 Å². The quantitative estimate of drug-likeness (QED) is 0.647. The molecule has 4 aliphatic rings. The molecular formula is C13H20O4. The van der Waals surface area contributed by atoms with Crippen LogP contribution in [-0.2, 0) is 14.2 Å². The highest BCUT2D eigenvalue weighted by Gasteiger charge is 2.75. The fourth-order valence-corrected chi connectivity index (χ4v) is 4.34. The van der Waals surface area contributed by atoms with Crippen LogP contribution < -0.4 is 0 Å². The molecule has 0 unspecified atom stereocenters. The molecule has 2 saturated heterocycles. The van der Waals surface area contributed by atoms with Crippen molar-refractivity contribution in [3.8, 4) is 0 Å². The van der Waals surface area contributed by atoms with Gasteiger partial charge in [0.15, 0.2) is 5.79 Å². The SMILES string of the molecule is C[C@@]12CCC3(C[C@]14O[C@@H]4CC[C@H]2O)OCCO3. The van der Waals surface area contributed by atoms with Crippen LogP contribution in [0.3, 0.4) is 0 Å². The van der Waals surface area contributed by atoms with Crippen molar-refractivity contribution in [2.45, 2.75) is 62.6 Å². The second-order valence-electron chi connectivity index (χ2n) is 6.29. The molecule has 2 aliphatic heterocycles. The number of hydrogen-bond donors (Lipinski definition) is 1. The Morgan fingerprint density at radius 3 is 2.65 bits per heavy atom. The Labute approximate surface area is 101 Å². The Kier molecular flexibility index (Phi) is 1.92. The first-order chi connectivity index (χ1) is 8.10. The van der Waals surface area contributed by atoms with Gasteiger partial charge in [-0.1, -0.05) is 6.92 Å². The van der Waals surface area contributed by atoms with Crippen molar-refractivity contribution < 1.29 is 19.3 Å². The van der Waals surface area contributed by atoms with Gasteiger partial charge >= 0.3 is 0 Å². The molecule has 4 fully saturated rings. The number of aliphatic hydroxyl groups excluding tert-OH is 1. The van der Waals surface area contributed by atoms with Crippen LogP contribution >= 0.6 is 0 Å². The lowest BCUT2D eigenvalue weighted by Gasteiger charge is -2.50. The summed E-state index contributed by atoms with van der Waals surface area (Å²) in [6, 6.07) is 0. The van der Waals surface area contributed by atoms with Gasteiger partial charge in [-0.2, -0.15) is 0 Å². The lowest BCUT2D eigenvalue weighted by atomic mass is 9.57. The fourth-order valence-electron chi connectivity index (χ4n) is 4.34. The van der Waals surface area contributed by atoms with Gasteiger partial charge in [0.2, 0.25) is 0 Å². The summed E-state index contributed by atoms with van der Waals surface area (Å²) in [4.78, 5) is 0. The van der Waals surface area contributed by atoms with E-state index in [0.717, 1.165) is 32.1 Å². The summed E-state index contributed by atoms with van der Waals surface area (Å²) in [5.74, 6) is -0.411. The third-order valence-corrected chi connectivity index (χ3v) is 5.59. The molecule has 0 radical (unpaired) electrons. The molecule has 0 aromatic rings. The lowest BCUT2D eigenvalue weighted by Crippen LogP contribution is -2.58. The van der Waals surface area contributed by atoms with Gasteiger partial charge in [-0.3, -0.25) is 0 Å². The maximum Gasteiger partial charge on any atom is 0.171 e. The monoisotopic (exact) mass is 240 g/mol. The van der Waals surface area contributed by atoms with Crippen LogP contribution in [0.25, 0.3) is 0 Å². The van der Waals surface area contributed by atoms with Crippen LogP contribution in [0.2, 0.25) is 0 Å². The maximum absolute atomic E-state index is 10.3. The van der Waals surface area contributed by atoms with E-state index in [1.54, 1.807) is 0 Å². The first-order valence-corrected chi connectivity index (χ1v) is 6.74. The molecule has 2 aliphatic carbocycles. The predicted octanol–water partition coefficient (Wildman–Crippen LogP) is 1.21. The largest absolute Gasteiger partial charge is 0.392 e. The average molecular weight is 240 g/mol. The summed E-state index contributed by atoms with van der Waals surface area (Å²) >= 11 is 0. The standard InChI is InChI=1S/C13H20O4/c1-11-4-5-12(15-6-7-16-12)8-13(11)10(17-13)3-2-9(11)14/h9-10,14H,2-8H2,1H3/t9-,10-,11+,13-/m1/s1. The van der Waals surface area contributed by atoms with Crippen LogP contribution in [0.4, 0.5) is 0 Å². The van der Waals surface area contributed by atoms with E-state index < -0.39 is 5.79 Å². The van der Waals surface area contributed by atoms with E-state index in [0.29, 0.717) is 19.3 Å². The molecule has 2 spiro atoms. The average Bonchev–Trinajstić information content (AvgIpc) is 2.83. The normalized spacial score (nSPS) is 55.4. The summed E-state index contributed by atoms with van der Waals surface area (Å²) in [6.45, 7) is 3.57. The summed E-state index contributed by atoms with van der Waals surface area (Å²) < 4.78 is 17.6. The van der Waals surface area contributed by atoms with Gasteiger partial charge < -0.3 is 19.3 Å². The molecule has 96 valence electrons. The first-order valence-electron chi connectivity index (χ1n) is 6.74. The Bertz CT molecular complexity index is 351. The fraction of sp³-hybridized carbons (Fsp3) is 1.00. The summed E-state index contributed by atoms with van der Waals surface area (Å²) in [5.41, 5.74) is -0.274. The number of aliphatic hydroxyl groups is 1. The molecule has 2 heterocycles. The third kappa shape index (κ3) is 1.17. The molecule has 1 N–H and O–H groups in total. The second-order valence-corrected chi connectivity index (χ2v) is 6.29. The van der Waals surface area contributed by atoms with Crippen molar-refractivity contribution in [2.75, 3.05) is 13.2 Å². The smallest absolute Gasteiger partial charge is 0.171 e. The van der Waals surface area contributed by atoms with Gasteiger partial charge in [-0.15, -0.1) is 0 Å². The van der Waals surface area contributed by atoms with Gasteiger partial charge in [0, 0.05) is 18.3 Å². The Morgan fingerprint density at radius 2 is 1.88 bits per heavy atom. The van der Waals surface area contributed by atoms with Crippen molar-refractivity contribution >= 4 is 0 Å². The van der Waals surface area contributed by atoms with E-state index in [1.165, 1.54) is 0 Å². The third-order valence-electron chi connectivity index (χ3n) is 5.59. The molecule has 17 heavy (non-hydrogen) atoms. The zero-order valence-electron chi connectivity index (χ0n) is 10.3. The minimum atomic E-state index is -0.411. The summed E-state index contributed by atoms with van der Waals surface area (Å²) in [5, 5.41) is 10.3. The lowest BCUT2D eigenvalue weighted by molar-refractivity contribution is -0.223. The molecule has 0 aromatic carbocycles. The van der Waals surface area contributed by atoms with Crippen molar-refractivity contribution in [3.63, 3.8) is 0 Å². The molecule has 0 amide bonds. The van der Waals surface area contributed by atoms with Crippen LogP contribution in [0.5, 0.6) is 0 Å². The first kappa shape index (κ1) is 10.7. The van der Waals surface area contributed by atoms with Gasteiger partial charge in [0.25, 0.3) is 0 Å². The molecule has 0 aromatic heterocycles. The van der Waals surface area contributed by atoms with Gasteiger partial charge in [0.1, 0.15) is 5.60 Å². The Morgan fingerprint density at radius 1 is 1.12 bits per heavy atom. The zero-order chi connectivity index (χ0) is 11.7. The van der Waals surface area contributed by atoms with E-state index in [2.05, 4.69) is 6.92 Å². The van der Waals surface area contributed by atoms with Gasteiger partial charge in [-0.05, 0) is 19.3 Å². The minimum absolute atomic E-state index is 0.101. The maximum atomic E-state index is 10.3. The van der Waals surface area contributed by atoms with Crippen molar-refractivity contribution in [1.29, 1.82) is 0 Å². The van der Waals surface area contributed by atoms with E-state index in [-0.39, 0.29) is 17.1 Å². The number of hydrogen-bond acceptors (Lipinski definition) is 4. The van der Waals surface area contributed by atoms with Crippen LogP contribution in [0.15, 0.2) is 0 Å². The number of rotatable bonds is 0. The summed E-state index contributed by atoms with van der Waals surface area (Å²) in [7, 11) is 0. The van der Waals surface area contributed by atoms with E-state index in [9.17, 15) is 5.11 Å². The molecule has 0 bridgehead atoms. The Balaban J connectivity index is 1.68. The number of ether oxygens (including phenoxy) is 3. The summed E-state index contributed by atoms with van der Waals surface area (Å²) in [6.07, 6.45) is 4.56.